The van der Waals surface area contributed by atoms with Gasteiger partial charge in [0.25, 0.3) is 0 Å². The van der Waals surface area contributed by atoms with Gasteiger partial charge in [-0.1, -0.05) is 24.6 Å². The highest BCUT2D eigenvalue weighted by Crippen LogP contribution is 2.15. The van der Waals surface area contributed by atoms with Gasteiger partial charge in [-0.05, 0) is 61.1 Å². The number of hydrazine groups is 1. The average molecular weight is 420 g/mol. The van der Waals surface area contributed by atoms with E-state index in [4.69, 9.17) is 28.6 Å². The summed E-state index contributed by atoms with van der Waals surface area (Å²) < 4.78 is 5.48. The van der Waals surface area contributed by atoms with Crippen molar-refractivity contribution >= 4 is 46.3 Å². The van der Waals surface area contributed by atoms with Crippen LogP contribution in [0.2, 0.25) is 5.02 Å². The third-order valence-electron chi connectivity index (χ3n) is 3.63. The maximum atomic E-state index is 12.2. The van der Waals surface area contributed by atoms with E-state index >= 15 is 0 Å². The maximum absolute atomic E-state index is 12.2. The van der Waals surface area contributed by atoms with E-state index in [9.17, 15) is 9.59 Å². The van der Waals surface area contributed by atoms with Crippen LogP contribution in [0, 0.1) is 0 Å². The first kappa shape index (κ1) is 21.7. The van der Waals surface area contributed by atoms with E-state index < -0.39 is 0 Å². The Bertz CT molecular complexity index is 828. The van der Waals surface area contributed by atoms with E-state index in [-0.39, 0.29) is 29.6 Å². The van der Waals surface area contributed by atoms with Gasteiger partial charge in [0.15, 0.2) is 10.9 Å². The molecule has 0 atom stereocenters. The van der Waals surface area contributed by atoms with E-state index in [1.165, 1.54) is 0 Å². The number of ketones is 1. The number of halogens is 1. The zero-order chi connectivity index (χ0) is 20.4. The number of rotatable bonds is 8. The molecule has 0 fully saturated rings. The minimum atomic E-state index is -0.341. The Labute approximate surface area is 174 Å². The molecule has 2 rings (SSSR count). The molecule has 0 saturated carbocycles. The number of nitrogens with one attached hydrogen (secondary N) is 3. The SMILES string of the molecule is CCCOc1ccc(C(=O)CCC(=O)NNC(=S)Nc2cccc(Cl)c2)cc1. The molecule has 0 saturated heterocycles. The molecule has 0 aliphatic rings. The summed E-state index contributed by atoms with van der Waals surface area (Å²) in [7, 11) is 0. The second-order valence-electron chi connectivity index (χ2n) is 5.93. The quantitative estimate of drug-likeness (QED) is 0.339. The van der Waals surface area contributed by atoms with Crippen molar-refractivity contribution in [2.75, 3.05) is 11.9 Å². The monoisotopic (exact) mass is 419 g/mol. The van der Waals surface area contributed by atoms with Crippen LogP contribution in [-0.4, -0.2) is 23.4 Å². The Morgan fingerprint density at radius 1 is 1.07 bits per heavy atom. The van der Waals surface area contributed by atoms with Crippen molar-refractivity contribution in [1.29, 1.82) is 0 Å². The molecule has 6 nitrogen and oxygen atoms in total. The lowest BCUT2D eigenvalue weighted by Gasteiger charge is -2.11. The highest BCUT2D eigenvalue weighted by atomic mass is 35.5. The predicted octanol–water partition coefficient (Wildman–Crippen LogP) is 4.11. The minimum absolute atomic E-state index is 0.0414. The third-order valence-corrected chi connectivity index (χ3v) is 4.07. The van der Waals surface area contributed by atoms with Crippen LogP contribution >= 0.6 is 23.8 Å². The second-order valence-corrected chi connectivity index (χ2v) is 6.78. The van der Waals surface area contributed by atoms with Crippen LogP contribution in [0.25, 0.3) is 0 Å². The fourth-order valence-corrected chi connectivity index (χ4v) is 2.61. The summed E-state index contributed by atoms with van der Waals surface area (Å²) in [6.07, 6.45) is 1.05. The van der Waals surface area contributed by atoms with Crippen LogP contribution in [0.4, 0.5) is 5.69 Å². The Hall–Kier alpha value is -2.64. The van der Waals surface area contributed by atoms with Crippen molar-refractivity contribution in [3.05, 3.63) is 59.1 Å². The molecule has 8 heteroatoms. The van der Waals surface area contributed by atoms with Crippen LogP contribution in [0.5, 0.6) is 5.75 Å². The molecule has 1 amide bonds. The highest BCUT2D eigenvalue weighted by Gasteiger charge is 2.10. The van der Waals surface area contributed by atoms with Gasteiger partial charge in [0, 0.05) is 29.1 Å². The van der Waals surface area contributed by atoms with Gasteiger partial charge in [0.1, 0.15) is 5.75 Å². The Morgan fingerprint density at radius 3 is 2.50 bits per heavy atom. The van der Waals surface area contributed by atoms with Crippen molar-refractivity contribution in [2.24, 2.45) is 0 Å². The van der Waals surface area contributed by atoms with Gasteiger partial charge in [-0.2, -0.15) is 0 Å². The Morgan fingerprint density at radius 2 is 1.82 bits per heavy atom. The van der Waals surface area contributed by atoms with E-state index in [1.54, 1.807) is 48.5 Å². The van der Waals surface area contributed by atoms with Crippen molar-refractivity contribution in [1.82, 2.24) is 10.9 Å². The number of anilines is 1. The zero-order valence-electron chi connectivity index (χ0n) is 15.5. The summed E-state index contributed by atoms with van der Waals surface area (Å²) in [4.78, 5) is 24.1. The molecule has 3 N–H and O–H groups in total. The summed E-state index contributed by atoms with van der Waals surface area (Å²) in [6, 6.07) is 13.9. The molecule has 148 valence electrons. The van der Waals surface area contributed by atoms with Gasteiger partial charge in [0.05, 0.1) is 6.61 Å². The lowest BCUT2D eigenvalue weighted by atomic mass is 10.1. The fourth-order valence-electron chi connectivity index (χ4n) is 2.25. The largest absolute Gasteiger partial charge is 0.494 e. The molecular weight excluding hydrogens is 398 g/mol. The highest BCUT2D eigenvalue weighted by molar-refractivity contribution is 7.80. The Balaban J connectivity index is 1.71. The van der Waals surface area contributed by atoms with Crippen molar-refractivity contribution in [2.45, 2.75) is 26.2 Å². The lowest BCUT2D eigenvalue weighted by molar-refractivity contribution is -0.121. The summed E-state index contributed by atoms with van der Waals surface area (Å²) in [6.45, 7) is 2.66. The van der Waals surface area contributed by atoms with E-state index in [2.05, 4.69) is 16.2 Å². The van der Waals surface area contributed by atoms with Crippen LogP contribution in [0.15, 0.2) is 48.5 Å². The van der Waals surface area contributed by atoms with E-state index in [0.717, 1.165) is 12.2 Å². The molecular formula is C20H22ClN3O3S. The first-order chi connectivity index (χ1) is 13.5. The van der Waals surface area contributed by atoms with Crippen molar-refractivity contribution < 1.29 is 14.3 Å². The van der Waals surface area contributed by atoms with Crippen LogP contribution in [0.3, 0.4) is 0 Å². The standard InChI is InChI=1S/C20H22ClN3O3S/c1-2-12-27-17-8-6-14(7-9-17)18(25)10-11-19(26)23-24-20(28)22-16-5-3-4-15(21)13-16/h3-9,13H,2,10-12H2,1H3,(H,23,26)(H2,22,24,28). The van der Waals surface area contributed by atoms with E-state index in [0.29, 0.717) is 22.9 Å². The van der Waals surface area contributed by atoms with Crippen molar-refractivity contribution in [3.63, 3.8) is 0 Å². The first-order valence-corrected chi connectivity index (χ1v) is 9.64. The maximum Gasteiger partial charge on any atom is 0.238 e. The molecule has 0 aliphatic carbocycles. The molecule has 0 bridgehead atoms. The molecule has 2 aromatic carbocycles. The van der Waals surface area contributed by atoms with Crippen LogP contribution in [0.1, 0.15) is 36.5 Å². The normalized spacial score (nSPS) is 10.1. The number of carbonyl (C=O) groups is 2. The number of Topliss-reactive ketones (excluding diaryl/α,β-unsaturated/α-hetero) is 1. The number of ether oxygens (including phenoxy) is 1. The molecule has 0 spiro atoms. The smallest absolute Gasteiger partial charge is 0.238 e. The predicted molar refractivity (Wildman–Crippen MR) is 115 cm³/mol. The lowest BCUT2D eigenvalue weighted by Crippen LogP contribution is -2.43. The Kier molecular flexibility index (Phi) is 8.71. The second kappa shape index (κ2) is 11.3. The molecule has 0 unspecified atom stereocenters. The molecule has 28 heavy (non-hydrogen) atoms. The number of thiocarbonyl (C=S) groups is 1. The summed E-state index contributed by atoms with van der Waals surface area (Å²) in [5.74, 6) is 0.268. The third kappa shape index (κ3) is 7.54. The van der Waals surface area contributed by atoms with Crippen molar-refractivity contribution in [3.8, 4) is 5.75 Å². The molecule has 0 aliphatic heterocycles. The minimum Gasteiger partial charge on any atom is -0.494 e. The number of hydrogen-bond acceptors (Lipinski definition) is 4. The number of carbonyl (C=O) groups excluding carboxylic acids is 2. The summed E-state index contributed by atoms with van der Waals surface area (Å²) >= 11 is 11.0. The molecule has 0 heterocycles. The number of amides is 1. The van der Waals surface area contributed by atoms with Gasteiger partial charge in [0.2, 0.25) is 5.91 Å². The molecule has 2 aromatic rings. The molecule has 0 aromatic heterocycles. The fraction of sp³-hybridized carbons (Fsp3) is 0.250. The first-order valence-electron chi connectivity index (χ1n) is 8.85. The van der Waals surface area contributed by atoms with Crippen LogP contribution < -0.4 is 20.9 Å². The summed E-state index contributed by atoms with van der Waals surface area (Å²) in [5, 5.41) is 3.67. The topological polar surface area (TPSA) is 79.5 Å². The van der Waals surface area contributed by atoms with Gasteiger partial charge < -0.3 is 10.1 Å². The summed E-state index contributed by atoms with van der Waals surface area (Å²) in [5.41, 5.74) is 6.29. The zero-order valence-corrected chi connectivity index (χ0v) is 17.0. The van der Waals surface area contributed by atoms with E-state index in [1.807, 2.05) is 6.92 Å². The number of hydrogen-bond donors (Lipinski definition) is 3. The van der Waals surface area contributed by atoms with Gasteiger partial charge >= 0.3 is 0 Å². The number of benzene rings is 2. The molecule has 0 radical (unpaired) electrons. The van der Waals surface area contributed by atoms with Crippen LogP contribution in [-0.2, 0) is 4.79 Å². The van der Waals surface area contributed by atoms with Gasteiger partial charge in [-0.15, -0.1) is 0 Å². The van der Waals surface area contributed by atoms with Gasteiger partial charge in [-0.25, -0.2) is 0 Å². The van der Waals surface area contributed by atoms with Gasteiger partial charge in [-0.3, -0.25) is 20.4 Å². The average Bonchev–Trinajstić information content (AvgIpc) is 2.69.